The molecule has 3 heteroatoms. The lowest BCUT2D eigenvalue weighted by Gasteiger charge is -2.01. The third kappa shape index (κ3) is 1.26. The van der Waals surface area contributed by atoms with Crippen LogP contribution in [0, 0.1) is 11.8 Å². The van der Waals surface area contributed by atoms with Crippen molar-refractivity contribution in [2.24, 2.45) is 11.8 Å². The second-order valence-corrected chi connectivity index (χ2v) is 2.28. The van der Waals surface area contributed by atoms with Crippen molar-refractivity contribution in [1.29, 1.82) is 0 Å². The summed E-state index contributed by atoms with van der Waals surface area (Å²) in [5.74, 6) is -1.39. The highest BCUT2D eigenvalue weighted by Crippen LogP contribution is 2.50. The zero-order valence-corrected chi connectivity index (χ0v) is 4.78. The molecule has 0 aliphatic heterocycles. The normalized spacial score (nSPS) is 34.1. The molecule has 1 fully saturated rings. The maximum atomic E-state index is 11.6. The Morgan fingerprint density at radius 2 is 2.00 bits per heavy atom. The first-order chi connectivity index (χ1) is 4.05. The first kappa shape index (κ1) is 6.65. The Balaban J connectivity index is 2.42. The molecule has 1 rings (SSSR count). The number of allylic oxidation sites excluding steroid dienone is 1. The van der Waals surface area contributed by atoms with Gasteiger partial charge in [0.05, 0.1) is 5.92 Å². The van der Waals surface area contributed by atoms with Gasteiger partial charge in [-0.25, -0.2) is 0 Å². The lowest BCUT2D eigenvalue weighted by atomic mass is 10.3. The maximum Gasteiger partial charge on any atom is 0.392 e. The molecule has 0 aromatic carbocycles. The second kappa shape index (κ2) is 1.75. The number of hydrogen-bond acceptors (Lipinski definition) is 0. The van der Waals surface area contributed by atoms with Gasteiger partial charge in [0.25, 0.3) is 0 Å². The van der Waals surface area contributed by atoms with Crippen LogP contribution in [0.25, 0.3) is 0 Å². The van der Waals surface area contributed by atoms with Gasteiger partial charge in [-0.1, -0.05) is 6.08 Å². The highest BCUT2D eigenvalue weighted by Gasteiger charge is 2.54. The van der Waals surface area contributed by atoms with E-state index >= 15 is 0 Å². The van der Waals surface area contributed by atoms with Gasteiger partial charge in [-0.05, 0) is 12.3 Å². The maximum absolute atomic E-state index is 11.6. The average Bonchev–Trinajstić information content (AvgIpc) is 2.39. The summed E-state index contributed by atoms with van der Waals surface area (Å²) in [7, 11) is 0. The summed E-state index contributed by atoms with van der Waals surface area (Å²) in [4.78, 5) is 0. The fourth-order valence-corrected chi connectivity index (χ4v) is 0.852. The van der Waals surface area contributed by atoms with Crippen LogP contribution in [0.1, 0.15) is 6.42 Å². The fraction of sp³-hybridized carbons (Fsp3) is 0.667. The molecule has 0 aromatic heterocycles. The van der Waals surface area contributed by atoms with Crippen LogP contribution >= 0.6 is 0 Å². The molecule has 2 atom stereocenters. The van der Waals surface area contributed by atoms with E-state index in [0.717, 1.165) is 0 Å². The van der Waals surface area contributed by atoms with E-state index in [-0.39, 0.29) is 12.3 Å². The minimum atomic E-state index is -3.99. The van der Waals surface area contributed by atoms with Gasteiger partial charge in [-0.3, -0.25) is 0 Å². The van der Waals surface area contributed by atoms with Gasteiger partial charge in [-0.2, -0.15) is 13.2 Å². The van der Waals surface area contributed by atoms with Crippen molar-refractivity contribution in [3.8, 4) is 0 Å². The largest absolute Gasteiger partial charge is 0.392 e. The van der Waals surface area contributed by atoms with Gasteiger partial charge >= 0.3 is 6.18 Å². The van der Waals surface area contributed by atoms with Crippen molar-refractivity contribution in [2.45, 2.75) is 12.6 Å². The van der Waals surface area contributed by atoms with E-state index in [1.54, 1.807) is 0 Å². The molecule has 0 spiro atoms. The Labute approximate surface area is 51.4 Å². The smallest absolute Gasteiger partial charge is 0.171 e. The molecule has 52 valence electrons. The van der Waals surface area contributed by atoms with Crippen LogP contribution in [0.15, 0.2) is 12.7 Å². The number of hydrogen-bond donors (Lipinski definition) is 0. The lowest BCUT2D eigenvalue weighted by molar-refractivity contribution is -0.149. The molecule has 0 N–H and O–H groups in total. The van der Waals surface area contributed by atoms with E-state index in [9.17, 15) is 13.2 Å². The minimum Gasteiger partial charge on any atom is -0.171 e. The Morgan fingerprint density at radius 1 is 1.44 bits per heavy atom. The zero-order valence-electron chi connectivity index (χ0n) is 4.78. The second-order valence-electron chi connectivity index (χ2n) is 2.28. The van der Waals surface area contributed by atoms with E-state index < -0.39 is 12.1 Å². The molecule has 1 aliphatic carbocycles. The quantitative estimate of drug-likeness (QED) is 0.485. The van der Waals surface area contributed by atoms with Gasteiger partial charge in [0.1, 0.15) is 0 Å². The summed E-state index contributed by atoms with van der Waals surface area (Å²) in [5, 5.41) is 0. The van der Waals surface area contributed by atoms with Crippen LogP contribution in [-0.4, -0.2) is 6.18 Å². The summed E-state index contributed by atoms with van der Waals surface area (Å²) in [6.45, 7) is 3.29. The summed E-state index contributed by atoms with van der Waals surface area (Å²) in [5.41, 5.74) is 0. The molecule has 0 nitrogen and oxygen atoms in total. The minimum absolute atomic E-state index is 0.243. The SMILES string of the molecule is C=C[C@H]1C[C@@H]1C(F)(F)F. The van der Waals surface area contributed by atoms with Crippen molar-refractivity contribution in [3.63, 3.8) is 0 Å². The molecule has 0 aromatic rings. The van der Waals surface area contributed by atoms with Crippen LogP contribution in [-0.2, 0) is 0 Å². The molecular formula is C6H7F3. The van der Waals surface area contributed by atoms with E-state index in [1.807, 2.05) is 0 Å². The number of alkyl halides is 3. The standard InChI is InChI=1S/C6H7F3/c1-2-4-3-5(4)6(7,8)9/h2,4-5H,1,3H2/t4-,5-/m0/s1. The molecule has 0 radical (unpaired) electrons. The van der Waals surface area contributed by atoms with Crippen LogP contribution in [0.3, 0.4) is 0 Å². The van der Waals surface area contributed by atoms with Crippen molar-refractivity contribution >= 4 is 0 Å². The molecule has 9 heavy (non-hydrogen) atoms. The molecule has 1 aliphatic rings. The highest BCUT2D eigenvalue weighted by molar-refractivity contribution is 5.01. The first-order valence-electron chi connectivity index (χ1n) is 2.75. The Morgan fingerprint density at radius 3 is 2.11 bits per heavy atom. The summed E-state index contributed by atoms with van der Waals surface area (Å²) >= 11 is 0. The van der Waals surface area contributed by atoms with Crippen LogP contribution in [0.4, 0.5) is 13.2 Å². The molecule has 0 unspecified atom stereocenters. The van der Waals surface area contributed by atoms with Crippen molar-refractivity contribution < 1.29 is 13.2 Å². The topological polar surface area (TPSA) is 0 Å². The highest BCUT2D eigenvalue weighted by atomic mass is 19.4. The van der Waals surface area contributed by atoms with Crippen LogP contribution < -0.4 is 0 Å². The average molecular weight is 136 g/mol. The van der Waals surface area contributed by atoms with E-state index in [2.05, 4.69) is 6.58 Å². The summed E-state index contributed by atoms with van der Waals surface area (Å²) in [6, 6.07) is 0. The first-order valence-corrected chi connectivity index (χ1v) is 2.75. The van der Waals surface area contributed by atoms with Gasteiger partial charge in [0.2, 0.25) is 0 Å². The van der Waals surface area contributed by atoms with E-state index in [1.165, 1.54) is 6.08 Å². The van der Waals surface area contributed by atoms with Crippen molar-refractivity contribution in [2.75, 3.05) is 0 Å². The molecule has 0 bridgehead atoms. The Kier molecular flexibility index (Phi) is 1.30. The van der Waals surface area contributed by atoms with Crippen LogP contribution in [0.2, 0.25) is 0 Å². The number of rotatable bonds is 1. The molecular weight excluding hydrogens is 129 g/mol. The van der Waals surface area contributed by atoms with Gasteiger partial charge in [0.15, 0.2) is 0 Å². The molecule has 0 amide bonds. The van der Waals surface area contributed by atoms with Gasteiger partial charge in [-0.15, -0.1) is 6.58 Å². The molecule has 1 saturated carbocycles. The van der Waals surface area contributed by atoms with Gasteiger partial charge in [0, 0.05) is 0 Å². The monoisotopic (exact) mass is 136 g/mol. The Bertz CT molecular complexity index is 125. The third-order valence-corrected chi connectivity index (χ3v) is 1.56. The van der Waals surface area contributed by atoms with Crippen molar-refractivity contribution in [1.82, 2.24) is 0 Å². The predicted octanol–water partition coefficient (Wildman–Crippen LogP) is 2.37. The van der Waals surface area contributed by atoms with E-state index in [4.69, 9.17) is 0 Å². The summed E-state index contributed by atoms with van der Waals surface area (Å²) < 4.78 is 34.9. The summed E-state index contributed by atoms with van der Waals surface area (Å²) in [6.07, 6.45) is -2.37. The lowest BCUT2D eigenvalue weighted by Crippen LogP contribution is -2.11. The predicted molar refractivity (Wildman–Crippen MR) is 27.8 cm³/mol. The fourth-order valence-electron chi connectivity index (χ4n) is 0.852. The van der Waals surface area contributed by atoms with Crippen molar-refractivity contribution in [3.05, 3.63) is 12.7 Å². The third-order valence-electron chi connectivity index (χ3n) is 1.56. The molecule has 0 heterocycles. The number of halogens is 3. The van der Waals surface area contributed by atoms with E-state index in [0.29, 0.717) is 0 Å². The zero-order chi connectivity index (χ0) is 7.07. The Hall–Kier alpha value is -0.470. The van der Waals surface area contributed by atoms with Crippen LogP contribution in [0.5, 0.6) is 0 Å². The molecule has 0 saturated heterocycles. The van der Waals surface area contributed by atoms with Gasteiger partial charge < -0.3 is 0 Å².